The molecule has 0 radical (unpaired) electrons. The molecule has 1 aromatic rings. The van der Waals surface area contributed by atoms with Crippen LogP contribution in [-0.2, 0) is 4.57 Å². The van der Waals surface area contributed by atoms with Crippen molar-refractivity contribution >= 4 is 19.2 Å². The van der Waals surface area contributed by atoms with Crippen LogP contribution >= 0.6 is 19.2 Å². The molecule has 0 fully saturated rings. The van der Waals surface area contributed by atoms with Crippen LogP contribution < -0.4 is 9.84 Å². The average Bonchev–Trinajstić information content (AvgIpc) is 2.21. The van der Waals surface area contributed by atoms with E-state index < -0.39 is 7.60 Å². The van der Waals surface area contributed by atoms with Crippen LogP contribution in [0.1, 0.15) is 0 Å². The van der Waals surface area contributed by atoms with Gasteiger partial charge in [0, 0.05) is 0 Å². The normalized spacial score (nSPS) is 13.8. The van der Waals surface area contributed by atoms with Gasteiger partial charge in [0.2, 0.25) is 0 Å². The first-order valence-electron chi connectivity index (χ1n) is 4.39. The van der Waals surface area contributed by atoms with Gasteiger partial charge < -0.3 is 9.42 Å². The van der Waals surface area contributed by atoms with E-state index in [1.807, 2.05) is 0 Å². The molecule has 0 saturated heterocycles. The Labute approximate surface area is 98.1 Å². The van der Waals surface area contributed by atoms with Gasteiger partial charge >= 0.3 is 7.60 Å². The van der Waals surface area contributed by atoms with Crippen LogP contribution in [0.2, 0.25) is 5.02 Å². The van der Waals surface area contributed by atoms with Crippen molar-refractivity contribution in [3.8, 4) is 11.8 Å². The second kappa shape index (κ2) is 5.88. The summed E-state index contributed by atoms with van der Waals surface area (Å²) in [5, 5.41) is 11.0. The van der Waals surface area contributed by atoms with Crippen LogP contribution in [0.5, 0.6) is 5.75 Å². The van der Waals surface area contributed by atoms with Crippen molar-refractivity contribution in [2.24, 2.45) is 0 Å². The SMILES string of the molecule is N#CCNCP(=O)(O)Oc1ccccc1Cl. The monoisotopic (exact) mass is 260 g/mol. The Hall–Kier alpha value is -1.05. The van der Waals surface area contributed by atoms with Gasteiger partial charge in [0.25, 0.3) is 0 Å². The number of benzene rings is 1. The van der Waals surface area contributed by atoms with Gasteiger partial charge in [-0.05, 0) is 12.1 Å². The lowest BCUT2D eigenvalue weighted by atomic mass is 10.3. The molecule has 0 amide bonds. The molecule has 0 aliphatic heterocycles. The van der Waals surface area contributed by atoms with E-state index in [9.17, 15) is 9.46 Å². The number of rotatable bonds is 5. The van der Waals surface area contributed by atoms with Crippen LogP contribution in [0.3, 0.4) is 0 Å². The van der Waals surface area contributed by atoms with E-state index in [1.54, 1.807) is 24.3 Å². The van der Waals surface area contributed by atoms with Crippen molar-refractivity contribution in [1.82, 2.24) is 5.32 Å². The predicted molar refractivity (Wildman–Crippen MR) is 60.4 cm³/mol. The van der Waals surface area contributed by atoms with Gasteiger partial charge in [0.1, 0.15) is 12.0 Å². The summed E-state index contributed by atoms with van der Waals surface area (Å²) < 4.78 is 16.4. The van der Waals surface area contributed by atoms with Crippen LogP contribution in [-0.4, -0.2) is 17.7 Å². The Morgan fingerprint density at radius 1 is 1.56 bits per heavy atom. The standard InChI is InChI=1S/C9H10ClN2O3P/c10-8-3-1-2-4-9(8)15-16(13,14)7-12-6-5-11/h1-4,12H,6-7H2,(H,13,14). The van der Waals surface area contributed by atoms with Crippen LogP contribution in [0.4, 0.5) is 0 Å². The van der Waals surface area contributed by atoms with E-state index in [0.29, 0.717) is 0 Å². The number of para-hydroxylation sites is 1. The maximum atomic E-state index is 11.5. The minimum absolute atomic E-state index is 0.0174. The van der Waals surface area contributed by atoms with Gasteiger partial charge in [-0.3, -0.25) is 5.32 Å². The topological polar surface area (TPSA) is 82.4 Å². The number of hydrogen-bond donors (Lipinski definition) is 2. The number of nitrogens with zero attached hydrogens (tertiary/aromatic N) is 1. The fourth-order valence-corrected chi connectivity index (χ4v) is 2.11. The summed E-state index contributed by atoms with van der Waals surface area (Å²) in [6.07, 6.45) is -0.300. The van der Waals surface area contributed by atoms with Crippen molar-refractivity contribution in [2.75, 3.05) is 12.8 Å². The molecule has 1 rings (SSSR count). The van der Waals surface area contributed by atoms with Crippen LogP contribution in [0, 0.1) is 11.3 Å². The summed E-state index contributed by atoms with van der Waals surface area (Å²) in [4.78, 5) is 9.42. The average molecular weight is 261 g/mol. The molecular formula is C9H10ClN2O3P. The zero-order valence-corrected chi connectivity index (χ0v) is 9.91. The van der Waals surface area contributed by atoms with E-state index >= 15 is 0 Å². The second-order valence-electron chi connectivity index (χ2n) is 2.90. The van der Waals surface area contributed by atoms with Crippen molar-refractivity contribution in [2.45, 2.75) is 0 Å². The van der Waals surface area contributed by atoms with E-state index in [1.165, 1.54) is 6.07 Å². The molecule has 2 N–H and O–H groups in total. The molecule has 16 heavy (non-hydrogen) atoms. The summed E-state index contributed by atoms with van der Waals surface area (Å²) in [7, 11) is -3.82. The summed E-state index contributed by atoms with van der Waals surface area (Å²) >= 11 is 5.76. The van der Waals surface area contributed by atoms with Crippen molar-refractivity contribution in [3.63, 3.8) is 0 Å². The number of nitriles is 1. The lowest BCUT2D eigenvalue weighted by Gasteiger charge is -2.13. The fraction of sp³-hybridized carbons (Fsp3) is 0.222. The van der Waals surface area contributed by atoms with E-state index in [4.69, 9.17) is 21.4 Å². The molecule has 1 atom stereocenters. The lowest BCUT2D eigenvalue weighted by molar-refractivity contribution is 0.376. The van der Waals surface area contributed by atoms with Gasteiger partial charge in [0.05, 0.1) is 17.6 Å². The zero-order valence-electron chi connectivity index (χ0n) is 8.26. The Kier molecular flexibility index (Phi) is 4.78. The quantitative estimate of drug-likeness (QED) is 0.480. The molecule has 0 spiro atoms. The summed E-state index contributed by atoms with van der Waals surface area (Å²) in [5.74, 6) is 0.147. The smallest absolute Gasteiger partial charge is 0.390 e. The number of hydrogen-bond acceptors (Lipinski definition) is 4. The van der Waals surface area contributed by atoms with Gasteiger partial charge in [-0.1, -0.05) is 23.7 Å². The molecule has 0 aromatic heterocycles. The Morgan fingerprint density at radius 2 is 2.25 bits per heavy atom. The second-order valence-corrected chi connectivity index (χ2v) is 5.08. The summed E-state index contributed by atoms with van der Waals surface area (Å²) in [6.45, 7) is -0.0174. The van der Waals surface area contributed by atoms with Gasteiger partial charge in [-0.25, -0.2) is 4.57 Å². The Morgan fingerprint density at radius 3 is 2.88 bits per heavy atom. The van der Waals surface area contributed by atoms with Gasteiger partial charge in [0.15, 0.2) is 0 Å². The Bertz CT molecular complexity index is 447. The Balaban J connectivity index is 2.63. The summed E-state index contributed by atoms with van der Waals surface area (Å²) in [6, 6.07) is 8.17. The van der Waals surface area contributed by atoms with Crippen molar-refractivity contribution < 1.29 is 14.0 Å². The van der Waals surface area contributed by atoms with E-state index in [2.05, 4.69) is 5.32 Å². The number of halogens is 1. The minimum Gasteiger partial charge on any atom is -0.422 e. The third kappa shape index (κ3) is 4.21. The zero-order chi connectivity index (χ0) is 12.0. The first-order chi connectivity index (χ1) is 7.55. The maximum absolute atomic E-state index is 11.5. The third-order valence-corrected chi connectivity index (χ3v) is 3.01. The number of nitrogens with one attached hydrogen (secondary N) is 1. The predicted octanol–water partition coefficient (Wildman–Crippen LogP) is 1.97. The maximum Gasteiger partial charge on any atom is 0.390 e. The van der Waals surface area contributed by atoms with Crippen molar-refractivity contribution in [1.29, 1.82) is 5.26 Å². The molecule has 0 bridgehead atoms. The molecule has 0 aliphatic rings. The molecule has 7 heteroatoms. The van der Waals surface area contributed by atoms with E-state index in [0.717, 1.165) is 0 Å². The molecule has 86 valence electrons. The highest BCUT2D eigenvalue weighted by molar-refractivity contribution is 7.53. The minimum atomic E-state index is -3.82. The molecule has 1 aromatic carbocycles. The highest BCUT2D eigenvalue weighted by atomic mass is 35.5. The molecule has 0 saturated carbocycles. The first kappa shape index (κ1) is 13.0. The largest absolute Gasteiger partial charge is 0.422 e. The first-order valence-corrected chi connectivity index (χ1v) is 6.53. The molecule has 5 nitrogen and oxygen atoms in total. The summed E-state index contributed by atoms with van der Waals surface area (Å²) in [5.41, 5.74) is 0. The lowest BCUT2D eigenvalue weighted by Crippen LogP contribution is -2.17. The van der Waals surface area contributed by atoms with Gasteiger partial charge in [-0.15, -0.1) is 0 Å². The van der Waals surface area contributed by atoms with Crippen LogP contribution in [0.25, 0.3) is 0 Å². The molecular weight excluding hydrogens is 251 g/mol. The van der Waals surface area contributed by atoms with E-state index in [-0.39, 0.29) is 23.6 Å². The molecule has 0 aliphatic carbocycles. The fourth-order valence-electron chi connectivity index (χ4n) is 0.958. The van der Waals surface area contributed by atoms with Crippen molar-refractivity contribution in [3.05, 3.63) is 29.3 Å². The highest BCUT2D eigenvalue weighted by Crippen LogP contribution is 2.43. The molecule has 1 unspecified atom stereocenters. The van der Waals surface area contributed by atoms with Crippen LogP contribution in [0.15, 0.2) is 24.3 Å². The third-order valence-electron chi connectivity index (χ3n) is 1.59. The highest BCUT2D eigenvalue weighted by Gasteiger charge is 2.21. The molecule has 0 heterocycles. The van der Waals surface area contributed by atoms with Gasteiger partial charge in [-0.2, -0.15) is 5.26 Å².